The molecule has 0 N–H and O–H groups in total. The summed E-state index contributed by atoms with van der Waals surface area (Å²) in [5.41, 5.74) is 0.959. The summed E-state index contributed by atoms with van der Waals surface area (Å²) < 4.78 is 11.7. The van der Waals surface area contributed by atoms with Gasteiger partial charge in [-0.3, -0.25) is 4.79 Å². The zero-order valence-electron chi connectivity index (χ0n) is 11.9. The number of hydrogen-bond acceptors (Lipinski definition) is 4. The highest BCUT2D eigenvalue weighted by Gasteiger charge is 2.17. The molecule has 0 aromatic carbocycles. The Morgan fingerprint density at radius 3 is 3.14 bits per heavy atom. The van der Waals surface area contributed by atoms with Gasteiger partial charge in [0.15, 0.2) is 0 Å². The van der Waals surface area contributed by atoms with E-state index in [-0.39, 0.29) is 5.91 Å². The Hall–Kier alpha value is -0.880. The van der Waals surface area contributed by atoms with E-state index in [0.29, 0.717) is 32.2 Å². The van der Waals surface area contributed by atoms with E-state index in [1.807, 2.05) is 11.4 Å². The smallest absolute Gasteiger partial charge is 0.246 e. The van der Waals surface area contributed by atoms with Gasteiger partial charge in [0.1, 0.15) is 0 Å². The van der Waals surface area contributed by atoms with Crippen molar-refractivity contribution in [3.8, 4) is 0 Å². The second-order valence-corrected chi connectivity index (χ2v) is 6.51. The average Bonchev–Trinajstić information content (AvgIpc) is 3.13. The van der Waals surface area contributed by atoms with Gasteiger partial charge >= 0.3 is 0 Å². The van der Waals surface area contributed by atoms with E-state index in [9.17, 15) is 4.79 Å². The Labute approximate surface area is 134 Å². The first kappa shape index (κ1) is 16.5. The van der Waals surface area contributed by atoms with Crippen LogP contribution in [0.15, 0.2) is 24.1 Å². The van der Waals surface area contributed by atoms with Crippen molar-refractivity contribution in [2.75, 3.05) is 33.0 Å². The topological polar surface area (TPSA) is 38.8 Å². The van der Waals surface area contributed by atoms with Crippen LogP contribution in [0.3, 0.4) is 0 Å². The minimum absolute atomic E-state index is 0.106. The molecule has 1 aliphatic heterocycles. The van der Waals surface area contributed by atoms with Crippen molar-refractivity contribution in [2.45, 2.75) is 13.0 Å². The molecule has 1 aromatic rings. The largest absolute Gasteiger partial charge is 0.381 e. The highest BCUT2D eigenvalue weighted by Crippen LogP contribution is 2.24. The minimum atomic E-state index is -0.106. The fourth-order valence-corrected chi connectivity index (χ4v) is 3.09. The van der Waals surface area contributed by atoms with E-state index in [4.69, 9.17) is 21.1 Å². The predicted molar refractivity (Wildman–Crippen MR) is 84.7 cm³/mol. The summed E-state index contributed by atoms with van der Waals surface area (Å²) in [6, 6.07) is 1.94. The van der Waals surface area contributed by atoms with Crippen LogP contribution in [0.4, 0.5) is 0 Å². The number of rotatable bonds is 8. The summed E-state index contributed by atoms with van der Waals surface area (Å²) in [7, 11) is 0. The third-order valence-electron chi connectivity index (χ3n) is 3.42. The van der Waals surface area contributed by atoms with Gasteiger partial charge in [-0.05, 0) is 23.9 Å². The third kappa shape index (κ3) is 5.11. The van der Waals surface area contributed by atoms with Crippen LogP contribution in [0.1, 0.15) is 12.0 Å². The van der Waals surface area contributed by atoms with Gasteiger partial charge in [0.25, 0.3) is 0 Å². The summed E-state index contributed by atoms with van der Waals surface area (Å²) in [5.74, 6) is 0.380. The van der Waals surface area contributed by atoms with E-state index >= 15 is 0 Å². The zero-order chi connectivity index (χ0) is 15.1. The molecular weight excluding hydrogens is 310 g/mol. The quantitative estimate of drug-likeness (QED) is 0.543. The van der Waals surface area contributed by atoms with Crippen LogP contribution in [-0.2, 0) is 20.8 Å². The van der Waals surface area contributed by atoms with Gasteiger partial charge in [-0.15, -0.1) is 11.3 Å². The molecule has 6 heteroatoms. The molecule has 2 heterocycles. The van der Waals surface area contributed by atoms with E-state index in [1.54, 1.807) is 4.90 Å². The van der Waals surface area contributed by atoms with Gasteiger partial charge in [0.05, 0.1) is 24.2 Å². The summed E-state index contributed by atoms with van der Waals surface area (Å²) in [5, 5.41) is 1.92. The highest BCUT2D eigenvalue weighted by molar-refractivity contribution is 7.14. The lowest BCUT2D eigenvalue weighted by molar-refractivity contribution is -0.127. The molecule has 21 heavy (non-hydrogen) atoms. The summed E-state index contributed by atoms with van der Waals surface area (Å²) in [6.07, 6.45) is 2.38. The van der Waals surface area contributed by atoms with Gasteiger partial charge in [-0.2, -0.15) is 0 Å². The van der Waals surface area contributed by atoms with Crippen molar-refractivity contribution in [2.24, 2.45) is 5.92 Å². The number of amides is 1. The van der Waals surface area contributed by atoms with Gasteiger partial charge < -0.3 is 14.4 Å². The third-order valence-corrected chi connectivity index (χ3v) is 4.68. The molecule has 1 aliphatic rings. The van der Waals surface area contributed by atoms with Gasteiger partial charge in [0.2, 0.25) is 5.91 Å². The maximum atomic E-state index is 11.9. The number of nitrogens with zero attached hydrogens (tertiary/aromatic N) is 1. The molecule has 1 unspecified atom stereocenters. The van der Waals surface area contributed by atoms with Crippen LogP contribution in [0.25, 0.3) is 0 Å². The fraction of sp³-hybridized carbons (Fsp3) is 0.533. The number of carbonyl (C=O) groups is 1. The molecule has 0 saturated carbocycles. The number of thiophene rings is 1. The number of carbonyl (C=O) groups excluding carboxylic acids is 1. The molecule has 0 aliphatic carbocycles. The standard InChI is InChI=1S/C15H20ClNO3S/c1-2-14(18)17(9-13-4-8-21-15(13)16)5-7-20-11-12-3-6-19-10-12/h2,4,8,12H,1,3,5-7,9-11H2. The first-order chi connectivity index (χ1) is 10.2. The molecule has 0 bridgehead atoms. The summed E-state index contributed by atoms with van der Waals surface area (Å²) in [6.45, 7) is 7.37. The van der Waals surface area contributed by atoms with Gasteiger partial charge in [-0.1, -0.05) is 18.2 Å². The second kappa shape index (κ2) is 8.54. The summed E-state index contributed by atoms with van der Waals surface area (Å²) >= 11 is 7.56. The average molecular weight is 330 g/mol. The molecule has 4 nitrogen and oxygen atoms in total. The number of ether oxygens (including phenoxy) is 2. The molecule has 1 aromatic heterocycles. The molecule has 1 atom stereocenters. The predicted octanol–water partition coefficient (Wildman–Crippen LogP) is 2.97. The lowest BCUT2D eigenvalue weighted by Gasteiger charge is -2.21. The van der Waals surface area contributed by atoms with Gasteiger partial charge in [0, 0.05) is 31.2 Å². The molecule has 0 spiro atoms. The van der Waals surface area contributed by atoms with E-state index in [1.165, 1.54) is 17.4 Å². The van der Waals surface area contributed by atoms with Crippen LogP contribution >= 0.6 is 22.9 Å². The molecule has 116 valence electrons. The lowest BCUT2D eigenvalue weighted by atomic mass is 10.1. The zero-order valence-corrected chi connectivity index (χ0v) is 13.5. The molecule has 1 amide bonds. The number of hydrogen-bond donors (Lipinski definition) is 0. The van der Waals surface area contributed by atoms with Crippen LogP contribution in [0.5, 0.6) is 0 Å². The van der Waals surface area contributed by atoms with E-state index < -0.39 is 0 Å². The minimum Gasteiger partial charge on any atom is -0.381 e. The maximum Gasteiger partial charge on any atom is 0.246 e. The molecule has 0 radical (unpaired) electrons. The Morgan fingerprint density at radius 1 is 1.67 bits per heavy atom. The highest BCUT2D eigenvalue weighted by atomic mass is 35.5. The van der Waals surface area contributed by atoms with Crippen LogP contribution in [0.2, 0.25) is 4.34 Å². The maximum absolute atomic E-state index is 11.9. The Kier molecular flexibility index (Phi) is 6.70. The SMILES string of the molecule is C=CC(=O)N(CCOCC1CCOC1)Cc1ccsc1Cl. The van der Waals surface area contributed by atoms with Crippen molar-refractivity contribution in [3.05, 3.63) is 34.0 Å². The Morgan fingerprint density at radius 2 is 2.52 bits per heavy atom. The van der Waals surface area contributed by atoms with Crippen LogP contribution in [-0.4, -0.2) is 43.8 Å². The van der Waals surface area contributed by atoms with Crippen LogP contribution < -0.4 is 0 Å². The first-order valence-corrected chi connectivity index (χ1v) is 8.25. The van der Waals surface area contributed by atoms with Crippen LogP contribution in [0, 0.1) is 5.92 Å². The monoisotopic (exact) mass is 329 g/mol. The normalized spacial score (nSPS) is 17.9. The fourth-order valence-electron chi connectivity index (χ4n) is 2.17. The molecule has 1 fully saturated rings. The van der Waals surface area contributed by atoms with E-state index in [0.717, 1.165) is 29.5 Å². The number of halogens is 1. The van der Waals surface area contributed by atoms with E-state index in [2.05, 4.69) is 6.58 Å². The molecular formula is C15H20ClNO3S. The molecule has 2 rings (SSSR count). The summed E-state index contributed by atoms with van der Waals surface area (Å²) in [4.78, 5) is 13.6. The van der Waals surface area contributed by atoms with Crippen molar-refractivity contribution >= 4 is 28.8 Å². The first-order valence-electron chi connectivity index (χ1n) is 6.99. The Balaban J connectivity index is 1.77. The van der Waals surface area contributed by atoms with Crippen molar-refractivity contribution < 1.29 is 14.3 Å². The van der Waals surface area contributed by atoms with Crippen molar-refractivity contribution in [1.82, 2.24) is 4.90 Å². The Bertz CT molecular complexity index is 471. The lowest BCUT2D eigenvalue weighted by Crippen LogP contribution is -2.32. The van der Waals surface area contributed by atoms with Gasteiger partial charge in [-0.25, -0.2) is 0 Å². The van der Waals surface area contributed by atoms with Crippen molar-refractivity contribution in [3.63, 3.8) is 0 Å². The van der Waals surface area contributed by atoms with Crippen molar-refractivity contribution in [1.29, 1.82) is 0 Å². The molecule has 1 saturated heterocycles. The second-order valence-electron chi connectivity index (χ2n) is 4.99.